The number of hydrogen-bond acceptors (Lipinski definition) is 3. The molecular weight excluding hydrogens is 391 g/mol. The molecule has 1 unspecified atom stereocenters. The average molecular weight is 422 g/mol. The minimum Gasteiger partial charge on any atom is -0.464 e. The van der Waals surface area contributed by atoms with Gasteiger partial charge in [-0.15, -0.1) is 24.0 Å². The summed E-state index contributed by atoms with van der Waals surface area (Å²) in [5.74, 6) is 2.66. The SMILES string of the molecule is CCNC(=NCCNC(C)(C)C)NC(C)c1ccc(C)o1.I. The molecule has 3 N–H and O–H groups in total. The van der Waals surface area contributed by atoms with Gasteiger partial charge in [-0.25, -0.2) is 0 Å². The van der Waals surface area contributed by atoms with Crippen LogP contribution < -0.4 is 16.0 Å². The van der Waals surface area contributed by atoms with E-state index >= 15 is 0 Å². The van der Waals surface area contributed by atoms with E-state index in [4.69, 9.17) is 4.42 Å². The van der Waals surface area contributed by atoms with E-state index in [0.29, 0.717) is 0 Å². The fourth-order valence-electron chi connectivity index (χ4n) is 1.88. The summed E-state index contributed by atoms with van der Waals surface area (Å²) >= 11 is 0. The summed E-state index contributed by atoms with van der Waals surface area (Å²) in [5.41, 5.74) is 0.125. The molecule has 1 heterocycles. The van der Waals surface area contributed by atoms with Crippen LogP contribution in [0.15, 0.2) is 21.5 Å². The smallest absolute Gasteiger partial charge is 0.191 e. The van der Waals surface area contributed by atoms with Crippen molar-refractivity contribution in [3.05, 3.63) is 23.7 Å². The first kappa shape index (κ1) is 21.2. The predicted molar refractivity (Wildman–Crippen MR) is 104 cm³/mol. The highest BCUT2D eigenvalue weighted by Gasteiger charge is 2.11. The number of halogens is 1. The number of hydrogen-bond donors (Lipinski definition) is 3. The highest BCUT2D eigenvalue weighted by atomic mass is 127. The van der Waals surface area contributed by atoms with E-state index in [1.54, 1.807) is 0 Å². The van der Waals surface area contributed by atoms with Crippen LogP contribution in [-0.2, 0) is 0 Å². The third kappa shape index (κ3) is 8.63. The number of rotatable bonds is 6. The van der Waals surface area contributed by atoms with Gasteiger partial charge in [-0.05, 0) is 53.7 Å². The molecule has 0 aliphatic heterocycles. The lowest BCUT2D eigenvalue weighted by molar-refractivity contribution is 0.431. The Bertz CT molecular complexity index is 451. The highest BCUT2D eigenvalue weighted by molar-refractivity contribution is 14.0. The van der Waals surface area contributed by atoms with Gasteiger partial charge in [0.15, 0.2) is 5.96 Å². The van der Waals surface area contributed by atoms with Crippen molar-refractivity contribution in [2.24, 2.45) is 4.99 Å². The lowest BCUT2D eigenvalue weighted by atomic mass is 10.1. The maximum absolute atomic E-state index is 5.64. The van der Waals surface area contributed by atoms with E-state index in [2.05, 4.69) is 55.6 Å². The molecule has 22 heavy (non-hydrogen) atoms. The van der Waals surface area contributed by atoms with Crippen LogP contribution in [0, 0.1) is 6.92 Å². The molecule has 0 aromatic carbocycles. The lowest BCUT2D eigenvalue weighted by Gasteiger charge is -2.20. The Morgan fingerprint density at radius 3 is 2.50 bits per heavy atom. The molecule has 1 aromatic heterocycles. The fourth-order valence-corrected chi connectivity index (χ4v) is 1.88. The van der Waals surface area contributed by atoms with E-state index in [9.17, 15) is 0 Å². The molecule has 0 saturated carbocycles. The van der Waals surface area contributed by atoms with Crippen LogP contribution in [0.3, 0.4) is 0 Å². The number of guanidine groups is 1. The first-order chi connectivity index (χ1) is 9.81. The molecule has 0 bridgehead atoms. The number of nitrogens with one attached hydrogen (secondary N) is 3. The number of nitrogens with zero attached hydrogens (tertiary/aromatic N) is 1. The molecule has 0 aliphatic carbocycles. The molecule has 0 amide bonds. The molecule has 0 aliphatic rings. The Balaban J connectivity index is 0.00000441. The van der Waals surface area contributed by atoms with Crippen molar-refractivity contribution in [2.45, 2.75) is 53.1 Å². The van der Waals surface area contributed by atoms with E-state index < -0.39 is 0 Å². The Morgan fingerprint density at radius 1 is 1.32 bits per heavy atom. The van der Waals surface area contributed by atoms with Crippen molar-refractivity contribution in [1.29, 1.82) is 0 Å². The van der Waals surface area contributed by atoms with Crippen molar-refractivity contribution >= 4 is 29.9 Å². The van der Waals surface area contributed by atoms with Crippen LogP contribution in [0.5, 0.6) is 0 Å². The summed E-state index contributed by atoms with van der Waals surface area (Å²) < 4.78 is 5.64. The Morgan fingerprint density at radius 2 is 2.00 bits per heavy atom. The molecule has 128 valence electrons. The summed E-state index contributed by atoms with van der Waals surface area (Å²) in [5, 5.41) is 10.0. The summed E-state index contributed by atoms with van der Waals surface area (Å²) in [4.78, 5) is 4.58. The van der Waals surface area contributed by atoms with E-state index in [1.165, 1.54) is 0 Å². The zero-order valence-electron chi connectivity index (χ0n) is 14.6. The average Bonchev–Trinajstić information content (AvgIpc) is 2.80. The number of furan rings is 1. The van der Waals surface area contributed by atoms with Crippen molar-refractivity contribution in [3.63, 3.8) is 0 Å². The molecule has 1 aromatic rings. The van der Waals surface area contributed by atoms with Crippen LogP contribution in [0.1, 0.15) is 52.2 Å². The Hall–Kier alpha value is -0.760. The van der Waals surface area contributed by atoms with Crippen LogP contribution in [0.4, 0.5) is 0 Å². The van der Waals surface area contributed by atoms with Gasteiger partial charge < -0.3 is 20.4 Å². The van der Waals surface area contributed by atoms with E-state index in [-0.39, 0.29) is 35.6 Å². The Kier molecular flexibility index (Phi) is 9.75. The molecule has 6 heteroatoms. The summed E-state index contributed by atoms with van der Waals surface area (Å²) in [6.45, 7) is 15.0. The largest absolute Gasteiger partial charge is 0.464 e. The molecule has 5 nitrogen and oxygen atoms in total. The third-order valence-corrected chi connectivity index (χ3v) is 2.92. The van der Waals surface area contributed by atoms with Gasteiger partial charge in [-0.3, -0.25) is 4.99 Å². The third-order valence-electron chi connectivity index (χ3n) is 2.92. The predicted octanol–water partition coefficient (Wildman–Crippen LogP) is 3.21. The molecule has 0 spiro atoms. The first-order valence-corrected chi connectivity index (χ1v) is 7.68. The first-order valence-electron chi connectivity index (χ1n) is 7.68. The second kappa shape index (κ2) is 10.1. The quantitative estimate of drug-likeness (QED) is 0.285. The van der Waals surface area contributed by atoms with Crippen molar-refractivity contribution in [2.75, 3.05) is 19.6 Å². The topological polar surface area (TPSA) is 61.6 Å². The molecule has 0 saturated heterocycles. The maximum Gasteiger partial charge on any atom is 0.191 e. The maximum atomic E-state index is 5.64. The van der Waals surface area contributed by atoms with Crippen LogP contribution >= 0.6 is 24.0 Å². The van der Waals surface area contributed by atoms with Gasteiger partial charge in [0.25, 0.3) is 0 Å². The number of aryl methyl sites for hydroxylation is 1. The van der Waals surface area contributed by atoms with Crippen molar-refractivity contribution in [1.82, 2.24) is 16.0 Å². The van der Waals surface area contributed by atoms with Crippen molar-refractivity contribution < 1.29 is 4.42 Å². The lowest BCUT2D eigenvalue weighted by Crippen LogP contribution is -2.40. The van der Waals surface area contributed by atoms with Gasteiger partial charge in [0.1, 0.15) is 11.5 Å². The van der Waals surface area contributed by atoms with Gasteiger partial charge in [0, 0.05) is 18.6 Å². The molecule has 1 rings (SSSR count). The molecular formula is C16H31IN4O. The Labute approximate surface area is 151 Å². The fraction of sp³-hybridized carbons (Fsp3) is 0.688. The standard InChI is InChI=1S/C16H30N4O.HI/c1-7-17-15(18-10-11-19-16(4,5)6)20-13(3)14-9-8-12(2)21-14;/h8-9,13,19H,7,10-11H2,1-6H3,(H2,17,18,20);1H. The van der Waals surface area contributed by atoms with Gasteiger partial charge in [-0.2, -0.15) is 0 Å². The van der Waals surface area contributed by atoms with Crippen LogP contribution in [0.2, 0.25) is 0 Å². The zero-order valence-corrected chi connectivity index (χ0v) is 16.9. The summed E-state index contributed by atoms with van der Waals surface area (Å²) in [6, 6.07) is 4.06. The normalized spacial score (nSPS) is 13.5. The van der Waals surface area contributed by atoms with Gasteiger partial charge in [0.05, 0.1) is 12.6 Å². The van der Waals surface area contributed by atoms with Crippen LogP contribution in [-0.4, -0.2) is 31.1 Å². The molecule has 0 fully saturated rings. The summed E-state index contributed by atoms with van der Waals surface area (Å²) in [6.07, 6.45) is 0. The molecule has 1 atom stereocenters. The van der Waals surface area contributed by atoms with Gasteiger partial charge >= 0.3 is 0 Å². The van der Waals surface area contributed by atoms with Gasteiger partial charge in [-0.1, -0.05) is 0 Å². The van der Waals surface area contributed by atoms with E-state index in [1.807, 2.05) is 19.1 Å². The van der Waals surface area contributed by atoms with Gasteiger partial charge in [0.2, 0.25) is 0 Å². The highest BCUT2D eigenvalue weighted by Crippen LogP contribution is 2.15. The molecule has 0 radical (unpaired) electrons. The number of aliphatic imine (C=N–C) groups is 1. The van der Waals surface area contributed by atoms with E-state index in [0.717, 1.165) is 37.1 Å². The second-order valence-electron chi connectivity index (χ2n) is 6.25. The van der Waals surface area contributed by atoms with Crippen molar-refractivity contribution in [3.8, 4) is 0 Å². The van der Waals surface area contributed by atoms with Crippen LogP contribution in [0.25, 0.3) is 0 Å². The minimum atomic E-state index is 0. The second-order valence-corrected chi connectivity index (χ2v) is 6.25. The monoisotopic (exact) mass is 422 g/mol. The summed E-state index contributed by atoms with van der Waals surface area (Å²) in [7, 11) is 0. The minimum absolute atomic E-state index is 0. The zero-order chi connectivity index (χ0) is 15.9.